The van der Waals surface area contributed by atoms with E-state index in [0.29, 0.717) is 18.3 Å². The Hall–Kier alpha value is -3.02. The highest BCUT2D eigenvalue weighted by molar-refractivity contribution is 5.59. The van der Waals surface area contributed by atoms with Crippen LogP contribution in [0, 0.1) is 0 Å². The molecule has 5 rings (SSSR count). The van der Waals surface area contributed by atoms with Crippen LogP contribution in [0.4, 0.5) is 0 Å². The van der Waals surface area contributed by atoms with E-state index in [1.807, 2.05) is 30.3 Å². The molecule has 1 unspecified atom stereocenters. The highest BCUT2D eigenvalue weighted by Gasteiger charge is 2.27. The van der Waals surface area contributed by atoms with Crippen LogP contribution in [0.15, 0.2) is 40.9 Å². The lowest BCUT2D eigenvalue weighted by Crippen LogP contribution is -2.19. The molecule has 1 aromatic heterocycles. The van der Waals surface area contributed by atoms with Crippen molar-refractivity contribution in [1.29, 1.82) is 0 Å². The summed E-state index contributed by atoms with van der Waals surface area (Å²) in [5.74, 6) is 3.90. The van der Waals surface area contributed by atoms with Crippen molar-refractivity contribution in [3.8, 4) is 28.6 Å². The molecule has 2 aliphatic heterocycles. The quantitative estimate of drug-likeness (QED) is 0.721. The second-order valence-corrected chi connectivity index (χ2v) is 6.56. The van der Waals surface area contributed by atoms with Gasteiger partial charge in [0.15, 0.2) is 0 Å². The van der Waals surface area contributed by atoms with Crippen molar-refractivity contribution in [3.63, 3.8) is 0 Å². The Bertz CT molecular complexity index is 966. The number of ether oxygens (including phenoxy) is 3. The number of fused-ring (bicyclic) bond motifs is 2. The molecule has 1 atom stereocenters. The van der Waals surface area contributed by atoms with Crippen LogP contribution in [0.3, 0.4) is 0 Å². The molecule has 0 bridgehead atoms. The molecule has 0 amide bonds. The minimum absolute atomic E-state index is 0.0358. The first-order valence-electron chi connectivity index (χ1n) is 8.69. The summed E-state index contributed by atoms with van der Waals surface area (Å²) in [5, 5.41) is 4.17. The number of hydrogen-bond acceptors (Lipinski definition) is 6. The van der Waals surface area contributed by atoms with Gasteiger partial charge in [0.05, 0.1) is 19.6 Å². The van der Waals surface area contributed by atoms with Crippen LogP contribution in [-0.2, 0) is 12.8 Å². The zero-order valence-corrected chi connectivity index (χ0v) is 14.4. The second kappa shape index (κ2) is 6.05. The zero-order valence-electron chi connectivity index (χ0n) is 14.4. The molecule has 2 aromatic carbocycles. The fourth-order valence-corrected chi connectivity index (χ4v) is 3.50. The van der Waals surface area contributed by atoms with Gasteiger partial charge in [-0.1, -0.05) is 5.16 Å². The van der Waals surface area contributed by atoms with Gasteiger partial charge < -0.3 is 18.7 Å². The van der Waals surface area contributed by atoms with Crippen molar-refractivity contribution < 1.29 is 18.7 Å². The maximum absolute atomic E-state index is 5.87. The first-order valence-corrected chi connectivity index (χ1v) is 8.69. The van der Waals surface area contributed by atoms with E-state index < -0.39 is 0 Å². The first kappa shape index (κ1) is 15.3. The summed E-state index contributed by atoms with van der Waals surface area (Å²) in [4.78, 5) is 4.62. The third-order valence-electron chi connectivity index (χ3n) is 4.91. The van der Waals surface area contributed by atoms with Crippen molar-refractivity contribution in [3.05, 3.63) is 53.4 Å². The van der Waals surface area contributed by atoms with Gasteiger partial charge in [0.25, 0.3) is 0 Å². The molecule has 6 nitrogen and oxygen atoms in total. The predicted octanol–water partition coefficient (Wildman–Crippen LogP) is 3.40. The van der Waals surface area contributed by atoms with E-state index in [0.717, 1.165) is 47.8 Å². The van der Waals surface area contributed by atoms with E-state index in [1.165, 1.54) is 5.56 Å². The topological polar surface area (TPSA) is 66.6 Å². The Morgan fingerprint density at radius 1 is 1.04 bits per heavy atom. The van der Waals surface area contributed by atoms with Crippen molar-refractivity contribution in [2.75, 3.05) is 20.3 Å². The lowest BCUT2D eigenvalue weighted by Gasteiger charge is -2.23. The molecule has 0 radical (unpaired) electrons. The number of aromatic nitrogens is 2. The molecular weight excluding hydrogens is 332 g/mol. The Balaban J connectivity index is 1.40. The fourth-order valence-electron chi connectivity index (χ4n) is 3.50. The van der Waals surface area contributed by atoms with Gasteiger partial charge in [0, 0.05) is 12.0 Å². The largest absolute Gasteiger partial charge is 0.497 e. The molecule has 0 spiro atoms. The maximum atomic E-state index is 5.87. The van der Waals surface area contributed by atoms with E-state index >= 15 is 0 Å². The minimum atomic E-state index is 0.0358. The minimum Gasteiger partial charge on any atom is -0.497 e. The highest BCUT2D eigenvalue weighted by atomic mass is 16.5. The number of hydrogen-bond donors (Lipinski definition) is 0. The van der Waals surface area contributed by atoms with E-state index in [2.05, 4.69) is 16.2 Å². The Labute approximate surface area is 150 Å². The van der Waals surface area contributed by atoms with E-state index in [4.69, 9.17) is 18.7 Å². The average Bonchev–Trinajstić information content (AvgIpc) is 3.35. The summed E-state index contributed by atoms with van der Waals surface area (Å²) in [7, 11) is 1.66. The van der Waals surface area contributed by atoms with Gasteiger partial charge in [-0.2, -0.15) is 4.98 Å². The number of nitrogens with zero attached hydrogens (tertiary/aromatic N) is 2. The van der Waals surface area contributed by atoms with Crippen LogP contribution in [-0.4, -0.2) is 30.5 Å². The maximum Gasteiger partial charge on any atom is 0.233 e. The summed E-state index contributed by atoms with van der Waals surface area (Å²) in [6.45, 7) is 1.26. The van der Waals surface area contributed by atoms with Crippen LogP contribution < -0.4 is 14.2 Å². The van der Waals surface area contributed by atoms with E-state index in [9.17, 15) is 0 Å². The average molecular weight is 350 g/mol. The highest BCUT2D eigenvalue weighted by Crippen LogP contribution is 2.35. The summed E-state index contributed by atoms with van der Waals surface area (Å²) in [6.07, 6.45) is 1.70. The van der Waals surface area contributed by atoms with E-state index in [-0.39, 0.29) is 5.92 Å². The Kier molecular flexibility index (Phi) is 3.55. The van der Waals surface area contributed by atoms with Crippen LogP contribution in [0.5, 0.6) is 17.2 Å². The molecule has 3 heterocycles. The standard InChI is InChI=1S/C20H18N2O4/c1-23-16-3-5-18-14(10-16)9-15(11-25-18)20-21-19(22-26-20)13-2-4-17-12(8-13)6-7-24-17/h2-5,8,10,15H,6-7,9,11H2,1H3. The third kappa shape index (κ3) is 2.58. The lowest BCUT2D eigenvalue weighted by atomic mass is 9.96. The SMILES string of the molecule is COc1ccc2c(c1)CC(c1nc(-c3ccc4c(c3)CCO4)no1)CO2. The van der Waals surface area contributed by atoms with Gasteiger partial charge in [-0.3, -0.25) is 0 Å². The van der Waals surface area contributed by atoms with Crippen LogP contribution in [0.25, 0.3) is 11.4 Å². The molecule has 0 saturated carbocycles. The Morgan fingerprint density at radius 3 is 2.85 bits per heavy atom. The van der Waals surface area contributed by atoms with Gasteiger partial charge in [-0.25, -0.2) is 0 Å². The molecule has 0 N–H and O–H groups in total. The Morgan fingerprint density at radius 2 is 1.92 bits per heavy atom. The van der Waals surface area contributed by atoms with Gasteiger partial charge >= 0.3 is 0 Å². The molecule has 6 heteroatoms. The van der Waals surface area contributed by atoms with Gasteiger partial charge in [-0.05, 0) is 53.9 Å². The molecule has 0 fully saturated rings. The third-order valence-corrected chi connectivity index (χ3v) is 4.91. The van der Waals surface area contributed by atoms with Crippen molar-refractivity contribution in [1.82, 2.24) is 10.1 Å². The molecule has 3 aromatic rings. The smallest absolute Gasteiger partial charge is 0.233 e. The van der Waals surface area contributed by atoms with Crippen molar-refractivity contribution in [2.45, 2.75) is 18.8 Å². The lowest BCUT2D eigenvalue weighted by molar-refractivity contribution is 0.230. The second-order valence-electron chi connectivity index (χ2n) is 6.56. The number of rotatable bonds is 3. The summed E-state index contributed by atoms with van der Waals surface area (Å²) < 4.78 is 22.3. The van der Waals surface area contributed by atoms with E-state index in [1.54, 1.807) is 7.11 Å². The molecule has 2 aliphatic rings. The number of benzene rings is 2. The van der Waals surface area contributed by atoms with Gasteiger partial charge in [0.1, 0.15) is 23.9 Å². The van der Waals surface area contributed by atoms with Crippen molar-refractivity contribution in [2.24, 2.45) is 0 Å². The number of methoxy groups -OCH3 is 1. The molecule has 26 heavy (non-hydrogen) atoms. The van der Waals surface area contributed by atoms with Gasteiger partial charge in [-0.15, -0.1) is 0 Å². The molecule has 0 aliphatic carbocycles. The zero-order chi connectivity index (χ0) is 17.5. The fraction of sp³-hybridized carbons (Fsp3) is 0.300. The monoisotopic (exact) mass is 350 g/mol. The van der Waals surface area contributed by atoms with Crippen molar-refractivity contribution >= 4 is 0 Å². The summed E-state index contributed by atoms with van der Waals surface area (Å²) >= 11 is 0. The normalized spacial score (nSPS) is 17.8. The molecular formula is C20H18N2O4. The molecule has 132 valence electrons. The van der Waals surface area contributed by atoms with Gasteiger partial charge in [0.2, 0.25) is 11.7 Å². The predicted molar refractivity (Wildman–Crippen MR) is 93.9 cm³/mol. The van der Waals surface area contributed by atoms with Crippen LogP contribution >= 0.6 is 0 Å². The van der Waals surface area contributed by atoms with Crippen LogP contribution in [0.2, 0.25) is 0 Å². The molecule has 0 saturated heterocycles. The first-order chi connectivity index (χ1) is 12.8. The summed E-state index contributed by atoms with van der Waals surface area (Å²) in [5.41, 5.74) is 3.23. The van der Waals surface area contributed by atoms with Crippen LogP contribution in [0.1, 0.15) is 22.9 Å². The summed E-state index contributed by atoms with van der Waals surface area (Å²) in [6, 6.07) is 11.9.